The minimum Gasteiger partial charge on any atom is -0.322 e. The fourth-order valence-electron chi connectivity index (χ4n) is 4.91. The first-order valence-corrected chi connectivity index (χ1v) is 13.0. The molecule has 0 amide bonds. The number of allylic oxidation sites excluding steroid dienone is 1. The highest BCUT2D eigenvalue weighted by Crippen LogP contribution is 2.44. The summed E-state index contributed by atoms with van der Waals surface area (Å²) in [7, 11) is 0. The number of halogens is 1. The highest BCUT2D eigenvalue weighted by Gasteiger charge is 2.27. The normalized spacial score (nSPS) is 13.4. The zero-order valence-electron chi connectivity index (χ0n) is 19.1. The molecule has 3 nitrogen and oxygen atoms in total. The molecule has 3 heterocycles. The zero-order chi connectivity index (χ0) is 23.8. The fraction of sp³-hybridized carbons (Fsp3) is 0.133. The van der Waals surface area contributed by atoms with Crippen LogP contribution in [0.25, 0.3) is 33.1 Å². The first-order chi connectivity index (χ1) is 17.2. The number of carbonyl (C=O) groups excluding carboxylic acids is 1. The lowest BCUT2D eigenvalue weighted by Gasteiger charge is -2.21. The monoisotopic (exact) mass is 494 g/mol. The van der Waals surface area contributed by atoms with Crippen LogP contribution in [0.4, 0.5) is 0 Å². The summed E-state index contributed by atoms with van der Waals surface area (Å²) in [6.45, 7) is 0. The first kappa shape index (κ1) is 22.0. The Morgan fingerprint density at radius 2 is 1.69 bits per heavy atom. The minimum atomic E-state index is -0.0134. The average molecular weight is 495 g/mol. The van der Waals surface area contributed by atoms with Crippen LogP contribution in [0.3, 0.4) is 0 Å². The van der Waals surface area contributed by atoms with E-state index in [9.17, 15) is 4.79 Å². The number of hydrogen-bond donors (Lipinski definition) is 0. The van der Waals surface area contributed by atoms with Crippen molar-refractivity contribution in [2.24, 2.45) is 0 Å². The predicted molar refractivity (Wildman–Crippen MR) is 146 cm³/mol. The maximum Gasteiger partial charge on any atom is 0.198 e. The number of hydrogen-bond acceptors (Lipinski definition) is 3. The molecule has 6 rings (SSSR count). The average Bonchev–Trinajstić information content (AvgIpc) is 3.55. The van der Waals surface area contributed by atoms with Crippen molar-refractivity contribution >= 4 is 45.0 Å². The van der Waals surface area contributed by atoms with Crippen molar-refractivity contribution < 1.29 is 4.79 Å². The highest BCUT2D eigenvalue weighted by molar-refractivity contribution is 7.21. The van der Waals surface area contributed by atoms with Crippen LogP contribution in [0.5, 0.6) is 0 Å². The van der Waals surface area contributed by atoms with Crippen LogP contribution in [0.2, 0.25) is 5.02 Å². The van der Waals surface area contributed by atoms with E-state index in [0.717, 1.165) is 58.4 Å². The maximum atomic E-state index is 13.6. The quantitative estimate of drug-likeness (QED) is 0.182. The maximum absolute atomic E-state index is 13.6. The third-order valence-electron chi connectivity index (χ3n) is 6.54. The molecule has 0 N–H and O–H groups in total. The summed E-state index contributed by atoms with van der Waals surface area (Å²) in [4.78, 5) is 20.3. The Kier molecular flexibility index (Phi) is 5.85. The summed E-state index contributed by atoms with van der Waals surface area (Å²) in [5.74, 6) is -0.0134. The van der Waals surface area contributed by atoms with Crippen LogP contribution in [0, 0.1) is 0 Å². The van der Waals surface area contributed by atoms with E-state index in [2.05, 4.69) is 16.7 Å². The molecule has 5 heteroatoms. The number of carbonyl (C=O) groups is 1. The first-order valence-electron chi connectivity index (χ1n) is 11.8. The molecule has 3 aromatic heterocycles. The molecule has 0 saturated heterocycles. The van der Waals surface area contributed by atoms with Crippen LogP contribution < -0.4 is 0 Å². The Labute approximate surface area is 213 Å². The van der Waals surface area contributed by atoms with Crippen molar-refractivity contribution in [1.29, 1.82) is 0 Å². The van der Waals surface area contributed by atoms with Gasteiger partial charge in [-0.15, -0.1) is 11.3 Å². The van der Waals surface area contributed by atoms with Gasteiger partial charge in [-0.25, -0.2) is 4.98 Å². The summed E-state index contributed by atoms with van der Waals surface area (Å²) in [5.41, 5.74) is 6.67. The largest absolute Gasteiger partial charge is 0.322 e. The molecule has 0 spiro atoms. The Bertz CT molecular complexity index is 1550. The molecule has 0 unspecified atom stereocenters. The van der Waals surface area contributed by atoms with Crippen molar-refractivity contribution in [3.8, 4) is 16.8 Å². The van der Waals surface area contributed by atoms with Crippen LogP contribution >= 0.6 is 22.9 Å². The Morgan fingerprint density at radius 1 is 0.943 bits per heavy atom. The van der Waals surface area contributed by atoms with Crippen molar-refractivity contribution in [2.75, 3.05) is 0 Å². The third-order valence-corrected chi connectivity index (χ3v) is 7.88. The molecule has 0 bridgehead atoms. The minimum absolute atomic E-state index is 0.0134. The summed E-state index contributed by atoms with van der Waals surface area (Å²) in [6.07, 6.45) is 11.8. The van der Waals surface area contributed by atoms with E-state index < -0.39 is 0 Å². The molecule has 0 radical (unpaired) electrons. The van der Waals surface area contributed by atoms with Gasteiger partial charge in [-0.05, 0) is 78.3 Å². The number of aryl methyl sites for hydroxylation is 1. The fourth-order valence-corrected chi connectivity index (χ4v) is 6.16. The van der Waals surface area contributed by atoms with Gasteiger partial charge in [-0.1, -0.05) is 60.1 Å². The zero-order valence-corrected chi connectivity index (χ0v) is 20.6. The van der Waals surface area contributed by atoms with Crippen LogP contribution in [-0.2, 0) is 12.8 Å². The summed E-state index contributed by atoms with van der Waals surface area (Å²) in [6, 6.07) is 21.9. The van der Waals surface area contributed by atoms with Gasteiger partial charge in [0.2, 0.25) is 0 Å². The van der Waals surface area contributed by atoms with Crippen LogP contribution in [-0.4, -0.2) is 15.3 Å². The molecule has 1 aliphatic carbocycles. The second kappa shape index (κ2) is 9.29. The number of ketones is 1. The number of fused-ring (bicyclic) bond motifs is 2. The van der Waals surface area contributed by atoms with E-state index in [-0.39, 0.29) is 5.78 Å². The van der Waals surface area contributed by atoms with E-state index in [0.29, 0.717) is 9.90 Å². The second-order valence-electron chi connectivity index (χ2n) is 8.78. The van der Waals surface area contributed by atoms with E-state index in [4.69, 9.17) is 16.6 Å². The topological polar surface area (TPSA) is 34.9 Å². The van der Waals surface area contributed by atoms with E-state index in [1.807, 2.05) is 73.1 Å². The SMILES string of the molecule is O=C(/C=C/c1ccccc1)c1sc2nc3c(c(-c4ccc(Cl)cc4)c2c1-n1cccc1)CCCC3. The van der Waals surface area contributed by atoms with Gasteiger partial charge in [0.25, 0.3) is 0 Å². The number of rotatable bonds is 5. The molecule has 1 aliphatic rings. The van der Waals surface area contributed by atoms with Gasteiger partial charge in [-0.3, -0.25) is 4.79 Å². The van der Waals surface area contributed by atoms with E-state index >= 15 is 0 Å². The standard InChI is InChI=1S/C30H23ClN2OS/c31-22-15-13-21(14-16-22)26-23-10-4-5-11-24(23)32-30-27(26)28(33-18-6-7-19-33)29(35-30)25(34)17-12-20-8-2-1-3-9-20/h1-3,6-9,12-19H,4-5,10-11H2/b17-12+. The molecule has 0 fully saturated rings. The molecule has 0 saturated carbocycles. The molecular weight excluding hydrogens is 472 g/mol. The third kappa shape index (κ3) is 4.13. The molecule has 5 aromatic rings. The summed E-state index contributed by atoms with van der Waals surface area (Å²) in [5, 5.41) is 1.76. The van der Waals surface area contributed by atoms with Crippen molar-refractivity contribution in [3.63, 3.8) is 0 Å². The molecular formula is C30H23ClN2OS. The summed E-state index contributed by atoms with van der Waals surface area (Å²) < 4.78 is 2.05. The van der Waals surface area contributed by atoms with Crippen molar-refractivity contribution in [3.05, 3.63) is 112 Å². The van der Waals surface area contributed by atoms with Gasteiger partial charge in [-0.2, -0.15) is 0 Å². The van der Waals surface area contributed by atoms with Crippen LogP contribution in [0.15, 0.2) is 85.2 Å². The number of thiophene rings is 1. The van der Waals surface area contributed by atoms with E-state index in [1.54, 1.807) is 6.08 Å². The van der Waals surface area contributed by atoms with Gasteiger partial charge in [0.05, 0.1) is 5.69 Å². The molecule has 0 aliphatic heterocycles. The van der Waals surface area contributed by atoms with Gasteiger partial charge in [0.15, 0.2) is 5.78 Å². The molecule has 35 heavy (non-hydrogen) atoms. The Hall–Kier alpha value is -3.47. The number of aromatic nitrogens is 2. The summed E-state index contributed by atoms with van der Waals surface area (Å²) >= 11 is 7.73. The smallest absolute Gasteiger partial charge is 0.198 e. The van der Waals surface area contributed by atoms with Gasteiger partial charge >= 0.3 is 0 Å². The van der Waals surface area contributed by atoms with Gasteiger partial charge in [0.1, 0.15) is 9.71 Å². The van der Waals surface area contributed by atoms with Crippen LogP contribution in [0.1, 0.15) is 39.3 Å². The molecule has 172 valence electrons. The second-order valence-corrected chi connectivity index (χ2v) is 10.2. The van der Waals surface area contributed by atoms with Gasteiger partial charge in [0, 0.05) is 28.5 Å². The number of benzene rings is 2. The Morgan fingerprint density at radius 3 is 2.46 bits per heavy atom. The van der Waals surface area contributed by atoms with Crippen molar-refractivity contribution in [1.82, 2.24) is 9.55 Å². The Balaban J connectivity index is 1.62. The molecule has 0 atom stereocenters. The van der Waals surface area contributed by atoms with Crippen molar-refractivity contribution in [2.45, 2.75) is 25.7 Å². The number of pyridine rings is 1. The molecule has 2 aromatic carbocycles. The lowest BCUT2D eigenvalue weighted by Crippen LogP contribution is -2.08. The lowest BCUT2D eigenvalue weighted by atomic mass is 9.87. The number of nitrogens with zero attached hydrogens (tertiary/aromatic N) is 2. The van der Waals surface area contributed by atoms with E-state index in [1.165, 1.54) is 22.5 Å². The predicted octanol–water partition coefficient (Wildman–Crippen LogP) is 8.18. The highest BCUT2D eigenvalue weighted by atomic mass is 35.5. The lowest BCUT2D eigenvalue weighted by molar-refractivity contribution is 0.105. The van der Waals surface area contributed by atoms with Gasteiger partial charge < -0.3 is 4.57 Å².